The summed E-state index contributed by atoms with van der Waals surface area (Å²) in [5.41, 5.74) is 2.20. The van der Waals surface area contributed by atoms with Crippen LogP contribution in [0.2, 0.25) is 0 Å². The number of nitrogens with one attached hydrogen (secondary N) is 1. The van der Waals surface area contributed by atoms with Crippen molar-refractivity contribution in [3.8, 4) is 22.8 Å². The number of carbonyl (C=O) groups excluding carboxylic acids is 1. The van der Waals surface area contributed by atoms with Crippen LogP contribution in [0, 0.1) is 0 Å². The molecule has 0 bridgehead atoms. The number of carbonyl (C=O) groups is 1. The summed E-state index contributed by atoms with van der Waals surface area (Å²) in [6, 6.07) is 14.9. The highest BCUT2D eigenvalue weighted by atomic mass is 16.3. The number of nitrogens with zero attached hydrogens (tertiary/aromatic N) is 3. The second kappa shape index (κ2) is 6.21. The van der Waals surface area contributed by atoms with E-state index in [1.165, 1.54) is 35.1 Å². The first kappa shape index (κ1) is 15.6. The lowest BCUT2D eigenvalue weighted by atomic mass is 10.1. The number of hydrogen-bond acceptors (Lipinski definition) is 5. The van der Waals surface area contributed by atoms with Crippen LogP contribution >= 0.6 is 0 Å². The molecule has 0 unspecified atom stereocenters. The standard InChI is InChI=1S/C19H14N4O3/c24-13-6-7-17(25)14(10-13)16-8-9-20-18-15(11-21-23(16)18)19(26)22-12-4-2-1-3-5-12/h1-11,24-25H,(H,22,26). The molecule has 0 aliphatic carbocycles. The topological polar surface area (TPSA) is 99.8 Å². The maximum atomic E-state index is 12.6. The van der Waals surface area contributed by atoms with Gasteiger partial charge in [0.25, 0.3) is 5.91 Å². The van der Waals surface area contributed by atoms with Crippen LogP contribution in [0.4, 0.5) is 5.69 Å². The van der Waals surface area contributed by atoms with Gasteiger partial charge < -0.3 is 15.5 Å². The zero-order valence-electron chi connectivity index (χ0n) is 13.5. The van der Waals surface area contributed by atoms with Crippen LogP contribution in [0.3, 0.4) is 0 Å². The molecule has 128 valence electrons. The highest BCUT2D eigenvalue weighted by molar-refractivity contribution is 6.08. The second-order valence-electron chi connectivity index (χ2n) is 5.65. The molecule has 1 amide bonds. The third-order valence-corrected chi connectivity index (χ3v) is 3.93. The molecule has 4 aromatic rings. The molecule has 3 N–H and O–H groups in total. The Morgan fingerprint density at radius 2 is 1.85 bits per heavy atom. The van der Waals surface area contributed by atoms with Crippen molar-refractivity contribution < 1.29 is 15.0 Å². The normalized spacial score (nSPS) is 10.8. The monoisotopic (exact) mass is 346 g/mol. The van der Waals surface area contributed by atoms with Crippen molar-refractivity contribution in [2.45, 2.75) is 0 Å². The number of aromatic nitrogens is 3. The molecule has 0 spiro atoms. The van der Waals surface area contributed by atoms with Crippen LogP contribution in [-0.4, -0.2) is 30.7 Å². The van der Waals surface area contributed by atoms with E-state index in [1.807, 2.05) is 18.2 Å². The minimum atomic E-state index is -0.337. The lowest BCUT2D eigenvalue weighted by Gasteiger charge is -2.08. The number of phenols is 2. The van der Waals surface area contributed by atoms with E-state index in [0.29, 0.717) is 28.2 Å². The Kier molecular flexibility index (Phi) is 3.74. The number of fused-ring (bicyclic) bond motifs is 1. The van der Waals surface area contributed by atoms with Gasteiger partial charge in [-0.15, -0.1) is 0 Å². The fourth-order valence-corrected chi connectivity index (χ4v) is 2.70. The van der Waals surface area contributed by atoms with Crippen LogP contribution in [0.1, 0.15) is 10.4 Å². The third kappa shape index (κ3) is 2.71. The van der Waals surface area contributed by atoms with E-state index >= 15 is 0 Å². The van der Waals surface area contributed by atoms with E-state index in [-0.39, 0.29) is 17.4 Å². The molecule has 4 rings (SSSR count). The molecule has 0 aliphatic heterocycles. The molecule has 0 atom stereocenters. The molecule has 0 radical (unpaired) electrons. The van der Waals surface area contributed by atoms with E-state index in [2.05, 4.69) is 15.4 Å². The van der Waals surface area contributed by atoms with Crippen molar-refractivity contribution in [3.63, 3.8) is 0 Å². The van der Waals surface area contributed by atoms with Gasteiger partial charge in [-0.2, -0.15) is 5.10 Å². The van der Waals surface area contributed by atoms with Crippen LogP contribution in [0.5, 0.6) is 11.5 Å². The average molecular weight is 346 g/mol. The molecule has 2 heterocycles. The Balaban J connectivity index is 1.78. The summed E-state index contributed by atoms with van der Waals surface area (Å²) in [7, 11) is 0. The molecule has 0 fully saturated rings. The summed E-state index contributed by atoms with van der Waals surface area (Å²) >= 11 is 0. The Labute approximate surface area is 148 Å². The van der Waals surface area contributed by atoms with Crippen LogP contribution < -0.4 is 5.32 Å². The fraction of sp³-hybridized carbons (Fsp3) is 0. The SMILES string of the molecule is O=C(Nc1ccccc1)c1cnn2c(-c3cc(O)ccc3O)ccnc12. The second-order valence-corrected chi connectivity index (χ2v) is 5.65. The molecule has 7 heteroatoms. The van der Waals surface area contributed by atoms with Crippen molar-refractivity contribution in [2.75, 3.05) is 5.32 Å². The van der Waals surface area contributed by atoms with Crippen molar-refractivity contribution in [3.05, 3.63) is 72.6 Å². The number of anilines is 1. The fourth-order valence-electron chi connectivity index (χ4n) is 2.70. The molecular formula is C19H14N4O3. The first-order valence-electron chi connectivity index (χ1n) is 7.85. The molecule has 2 aromatic carbocycles. The summed E-state index contributed by atoms with van der Waals surface area (Å²) in [6.45, 7) is 0. The number of phenolic OH excluding ortho intramolecular Hbond substituents is 2. The van der Waals surface area contributed by atoms with Gasteiger partial charge in [0.05, 0.1) is 11.9 Å². The minimum absolute atomic E-state index is 0.0111. The number of aromatic hydroxyl groups is 2. The molecule has 0 saturated carbocycles. The van der Waals surface area contributed by atoms with Crippen LogP contribution in [0.15, 0.2) is 67.0 Å². The molecular weight excluding hydrogens is 332 g/mol. The zero-order valence-corrected chi connectivity index (χ0v) is 13.5. The van der Waals surface area contributed by atoms with E-state index < -0.39 is 0 Å². The Morgan fingerprint density at radius 3 is 2.65 bits per heavy atom. The van der Waals surface area contributed by atoms with Crippen LogP contribution in [-0.2, 0) is 0 Å². The Bertz CT molecular complexity index is 1110. The maximum absolute atomic E-state index is 12.6. The van der Waals surface area contributed by atoms with Crippen molar-refractivity contribution in [1.82, 2.24) is 14.6 Å². The van der Waals surface area contributed by atoms with Crippen molar-refractivity contribution >= 4 is 17.2 Å². The molecule has 26 heavy (non-hydrogen) atoms. The van der Waals surface area contributed by atoms with E-state index in [9.17, 15) is 15.0 Å². The number of rotatable bonds is 3. The van der Waals surface area contributed by atoms with E-state index in [0.717, 1.165) is 0 Å². The molecule has 2 aromatic heterocycles. The number of hydrogen-bond donors (Lipinski definition) is 3. The van der Waals surface area contributed by atoms with Gasteiger partial charge in [0.1, 0.15) is 17.1 Å². The summed E-state index contributed by atoms with van der Waals surface area (Å²) in [4.78, 5) is 16.8. The number of benzene rings is 2. The quantitative estimate of drug-likeness (QED) is 0.495. The molecule has 7 nitrogen and oxygen atoms in total. The van der Waals surface area contributed by atoms with Crippen molar-refractivity contribution in [2.24, 2.45) is 0 Å². The zero-order chi connectivity index (χ0) is 18.1. The smallest absolute Gasteiger partial charge is 0.261 e. The Hall–Kier alpha value is -3.87. The van der Waals surface area contributed by atoms with Gasteiger partial charge in [-0.3, -0.25) is 4.79 Å². The summed E-state index contributed by atoms with van der Waals surface area (Å²) in [6.07, 6.45) is 2.94. The largest absolute Gasteiger partial charge is 0.508 e. The summed E-state index contributed by atoms with van der Waals surface area (Å²) in [5.74, 6) is -0.339. The van der Waals surface area contributed by atoms with Gasteiger partial charge in [0, 0.05) is 17.4 Å². The number of para-hydroxylation sites is 1. The first-order chi connectivity index (χ1) is 12.6. The van der Waals surface area contributed by atoms with Gasteiger partial charge in [-0.25, -0.2) is 9.50 Å². The van der Waals surface area contributed by atoms with Gasteiger partial charge in [0.15, 0.2) is 5.65 Å². The van der Waals surface area contributed by atoms with Gasteiger partial charge in [-0.1, -0.05) is 18.2 Å². The summed E-state index contributed by atoms with van der Waals surface area (Å²) in [5, 5.41) is 26.8. The first-order valence-corrected chi connectivity index (χ1v) is 7.85. The molecule has 0 saturated heterocycles. The highest BCUT2D eigenvalue weighted by Crippen LogP contribution is 2.32. The van der Waals surface area contributed by atoms with Gasteiger partial charge >= 0.3 is 0 Å². The maximum Gasteiger partial charge on any atom is 0.261 e. The molecule has 0 aliphatic rings. The number of amides is 1. The lowest BCUT2D eigenvalue weighted by molar-refractivity contribution is 0.102. The third-order valence-electron chi connectivity index (χ3n) is 3.93. The predicted molar refractivity (Wildman–Crippen MR) is 96.1 cm³/mol. The minimum Gasteiger partial charge on any atom is -0.508 e. The highest BCUT2D eigenvalue weighted by Gasteiger charge is 2.17. The van der Waals surface area contributed by atoms with Crippen molar-refractivity contribution in [1.29, 1.82) is 0 Å². The van der Waals surface area contributed by atoms with E-state index in [1.54, 1.807) is 18.2 Å². The lowest BCUT2D eigenvalue weighted by Crippen LogP contribution is -2.12. The Morgan fingerprint density at radius 1 is 1.04 bits per heavy atom. The van der Waals surface area contributed by atoms with Gasteiger partial charge in [-0.05, 0) is 36.4 Å². The van der Waals surface area contributed by atoms with E-state index in [4.69, 9.17) is 0 Å². The predicted octanol–water partition coefficient (Wildman–Crippen LogP) is 3.06. The summed E-state index contributed by atoms with van der Waals surface area (Å²) < 4.78 is 1.45. The van der Waals surface area contributed by atoms with Gasteiger partial charge in [0.2, 0.25) is 0 Å². The van der Waals surface area contributed by atoms with Crippen LogP contribution in [0.25, 0.3) is 16.9 Å². The average Bonchev–Trinajstić information content (AvgIpc) is 3.09.